The molecule has 0 saturated heterocycles. The summed E-state index contributed by atoms with van der Waals surface area (Å²) in [5.41, 5.74) is 16.0. The van der Waals surface area contributed by atoms with Gasteiger partial charge in [0.15, 0.2) is 0 Å². The van der Waals surface area contributed by atoms with Crippen molar-refractivity contribution >= 4 is 17.8 Å². The fourth-order valence-corrected chi connectivity index (χ4v) is 3.10. The van der Waals surface area contributed by atoms with Crippen molar-refractivity contribution in [1.82, 2.24) is 10.6 Å². The SMILES string of the molecule is CC.CCC(C)CCCCC(NC(=O)C(CCCCCN)NC(=O)CN)C(=O)OC.CCCCN. The smallest absolute Gasteiger partial charge is 0.328 e. The van der Waals surface area contributed by atoms with Gasteiger partial charge >= 0.3 is 5.97 Å². The number of esters is 1. The number of carbonyl (C=O) groups is 3. The lowest BCUT2D eigenvalue weighted by Gasteiger charge is -2.22. The Hall–Kier alpha value is -1.71. The van der Waals surface area contributed by atoms with Crippen molar-refractivity contribution in [1.29, 1.82) is 0 Å². The summed E-state index contributed by atoms with van der Waals surface area (Å²) < 4.78 is 4.83. The Morgan fingerprint density at radius 3 is 1.77 bits per heavy atom. The molecular weight excluding hydrogens is 446 g/mol. The summed E-state index contributed by atoms with van der Waals surface area (Å²) >= 11 is 0. The van der Waals surface area contributed by atoms with Crippen molar-refractivity contribution in [3.05, 3.63) is 0 Å². The standard InChI is InChI=1S/C20H40N4O4.C4H11N.C2H6/c1-4-15(2)10-7-8-12-17(20(27)28-3)24-19(26)16(23-18(25)14-22)11-6-5-9-13-21;1-2-3-4-5;1-2/h15-17H,4-14,21-22H2,1-3H3,(H,23,25)(H,24,26);2-5H2,1H3;1-2H3. The van der Waals surface area contributed by atoms with E-state index in [-0.39, 0.29) is 12.5 Å². The molecular formula is C26H57N5O4. The van der Waals surface area contributed by atoms with Crippen molar-refractivity contribution in [3.8, 4) is 0 Å². The lowest BCUT2D eigenvalue weighted by atomic mass is 9.99. The Balaban J connectivity index is -0.00000129. The van der Waals surface area contributed by atoms with Crippen LogP contribution in [0, 0.1) is 5.92 Å². The Labute approximate surface area is 215 Å². The first-order valence-corrected chi connectivity index (χ1v) is 13.6. The van der Waals surface area contributed by atoms with Crippen LogP contribution in [0.5, 0.6) is 0 Å². The van der Waals surface area contributed by atoms with E-state index in [1.807, 2.05) is 13.8 Å². The topological polar surface area (TPSA) is 163 Å². The molecule has 0 spiro atoms. The van der Waals surface area contributed by atoms with Gasteiger partial charge in [-0.1, -0.05) is 79.6 Å². The molecule has 210 valence electrons. The fourth-order valence-electron chi connectivity index (χ4n) is 3.10. The molecule has 8 N–H and O–H groups in total. The molecule has 0 aromatic rings. The van der Waals surface area contributed by atoms with Gasteiger partial charge in [-0.25, -0.2) is 4.79 Å². The predicted molar refractivity (Wildman–Crippen MR) is 146 cm³/mol. The van der Waals surface area contributed by atoms with Gasteiger partial charge in [0.1, 0.15) is 12.1 Å². The van der Waals surface area contributed by atoms with Crippen molar-refractivity contribution < 1.29 is 19.1 Å². The highest BCUT2D eigenvalue weighted by Crippen LogP contribution is 2.14. The maximum atomic E-state index is 12.7. The molecule has 0 radical (unpaired) electrons. The van der Waals surface area contributed by atoms with E-state index in [0.29, 0.717) is 25.3 Å². The van der Waals surface area contributed by atoms with E-state index in [4.69, 9.17) is 21.9 Å². The number of ether oxygens (including phenoxy) is 1. The molecule has 0 heterocycles. The Bertz CT molecular complexity index is 504. The van der Waals surface area contributed by atoms with Crippen LogP contribution in [0.25, 0.3) is 0 Å². The number of rotatable bonds is 18. The number of carbonyl (C=O) groups excluding carboxylic acids is 3. The number of nitrogens with two attached hydrogens (primary N) is 3. The Morgan fingerprint density at radius 1 is 0.771 bits per heavy atom. The largest absolute Gasteiger partial charge is 0.467 e. The molecule has 0 aliphatic heterocycles. The summed E-state index contributed by atoms with van der Waals surface area (Å²) in [5.74, 6) is -0.603. The highest BCUT2D eigenvalue weighted by Gasteiger charge is 2.26. The molecule has 9 heteroatoms. The van der Waals surface area contributed by atoms with E-state index in [1.54, 1.807) is 0 Å². The van der Waals surface area contributed by atoms with Gasteiger partial charge in [-0.05, 0) is 44.7 Å². The zero-order valence-electron chi connectivity index (χ0n) is 23.5. The summed E-state index contributed by atoms with van der Waals surface area (Å²) in [7, 11) is 1.31. The van der Waals surface area contributed by atoms with Gasteiger partial charge in [0, 0.05) is 0 Å². The van der Waals surface area contributed by atoms with E-state index in [0.717, 1.165) is 51.5 Å². The van der Waals surface area contributed by atoms with Crippen molar-refractivity contribution in [2.24, 2.45) is 23.1 Å². The summed E-state index contributed by atoms with van der Waals surface area (Å²) in [4.78, 5) is 36.4. The van der Waals surface area contributed by atoms with Gasteiger partial charge in [0.2, 0.25) is 11.8 Å². The summed E-state index contributed by atoms with van der Waals surface area (Å²) in [6.07, 6.45) is 9.88. The van der Waals surface area contributed by atoms with E-state index >= 15 is 0 Å². The van der Waals surface area contributed by atoms with Gasteiger partial charge in [-0.15, -0.1) is 0 Å². The highest BCUT2D eigenvalue weighted by molar-refractivity contribution is 5.91. The van der Waals surface area contributed by atoms with Gasteiger partial charge < -0.3 is 32.6 Å². The second-order valence-corrected chi connectivity index (χ2v) is 8.49. The van der Waals surface area contributed by atoms with Crippen molar-refractivity contribution in [2.45, 2.75) is 117 Å². The molecule has 2 amide bonds. The fraction of sp³-hybridized carbons (Fsp3) is 0.885. The van der Waals surface area contributed by atoms with Crippen molar-refractivity contribution in [3.63, 3.8) is 0 Å². The minimum absolute atomic E-state index is 0.192. The summed E-state index contributed by atoms with van der Waals surface area (Å²) in [5, 5.41) is 5.38. The number of hydrogen-bond donors (Lipinski definition) is 5. The minimum Gasteiger partial charge on any atom is -0.467 e. The first kappa shape index (κ1) is 37.8. The van der Waals surface area contributed by atoms with Gasteiger partial charge in [0.05, 0.1) is 13.7 Å². The van der Waals surface area contributed by atoms with Crippen LogP contribution in [-0.2, 0) is 19.1 Å². The van der Waals surface area contributed by atoms with Gasteiger partial charge in [-0.3, -0.25) is 9.59 Å². The second kappa shape index (κ2) is 28.5. The quantitative estimate of drug-likeness (QED) is 0.142. The minimum atomic E-state index is -0.721. The molecule has 0 fully saturated rings. The molecule has 3 unspecified atom stereocenters. The predicted octanol–water partition coefficient (Wildman–Crippen LogP) is 2.98. The van der Waals surface area contributed by atoms with Crippen LogP contribution < -0.4 is 27.8 Å². The van der Waals surface area contributed by atoms with E-state index in [2.05, 4.69) is 31.4 Å². The second-order valence-electron chi connectivity index (χ2n) is 8.49. The van der Waals surface area contributed by atoms with E-state index < -0.39 is 24.0 Å². The van der Waals surface area contributed by atoms with Gasteiger partial charge in [0.25, 0.3) is 0 Å². The third-order valence-corrected chi connectivity index (χ3v) is 5.53. The van der Waals surface area contributed by atoms with Crippen LogP contribution in [0.1, 0.15) is 105 Å². The Kier molecular flexibility index (Phi) is 30.8. The molecule has 0 rings (SSSR count). The number of nitrogens with one attached hydrogen (secondary N) is 2. The first-order valence-electron chi connectivity index (χ1n) is 13.6. The third-order valence-electron chi connectivity index (χ3n) is 5.53. The van der Waals surface area contributed by atoms with Crippen LogP contribution in [0.3, 0.4) is 0 Å². The highest BCUT2D eigenvalue weighted by atomic mass is 16.5. The third kappa shape index (κ3) is 23.8. The molecule has 3 atom stereocenters. The average molecular weight is 504 g/mol. The van der Waals surface area contributed by atoms with Crippen molar-refractivity contribution in [2.75, 3.05) is 26.7 Å². The lowest BCUT2D eigenvalue weighted by molar-refractivity contribution is -0.145. The average Bonchev–Trinajstić information content (AvgIpc) is 2.88. The molecule has 0 aromatic carbocycles. The van der Waals surface area contributed by atoms with Crippen LogP contribution in [0.15, 0.2) is 0 Å². The first-order chi connectivity index (χ1) is 16.8. The van der Waals surface area contributed by atoms with Crippen LogP contribution in [-0.4, -0.2) is 56.6 Å². The molecule has 0 aliphatic rings. The maximum absolute atomic E-state index is 12.7. The number of amides is 2. The van der Waals surface area contributed by atoms with Crippen LogP contribution in [0.2, 0.25) is 0 Å². The summed E-state index contributed by atoms with van der Waals surface area (Å²) in [6, 6.07) is -1.43. The Morgan fingerprint density at radius 2 is 1.31 bits per heavy atom. The number of methoxy groups -OCH3 is 1. The zero-order valence-corrected chi connectivity index (χ0v) is 23.5. The van der Waals surface area contributed by atoms with Gasteiger partial charge in [-0.2, -0.15) is 0 Å². The zero-order chi connectivity index (χ0) is 27.5. The molecule has 0 aromatic heterocycles. The van der Waals surface area contributed by atoms with E-state index in [9.17, 15) is 14.4 Å². The number of unbranched alkanes of at least 4 members (excludes halogenated alkanes) is 4. The van der Waals surface area contributed by atoms with Crippen LogP contribution >= 0.6 is 0 Å². The monoisotopic (exact) mass is 503 g/mol. The normalized spacial score (nSPS) is 12.6. The number of hydrogen-bond acceptors (Lipinski definition) is 7. The molecule has 9 nitrogen and oxygen atoms in total. The van der Waals surface area contributed by atoms with E-state index in [1.165, 1.54) is 20.0 Å². The van der Waals surface area contributed by atoms with Crippen LogP contribution in [0.4, 0.5) is 0 Å². The molecule has 0 aliphatic carbocycles. The molecule has 35 heavy (non-hydrogen) atoms. The maximum Gasteiger partial charge on any atom is 0.328 e. The molecule has 0 bridgehead atoms. The summed E-state index contributed by atoms with van der Waals surface area (Å²) in [6.45, 7) is 11.7. The molecule has 0 saturated carbocycles. The lowest BCUT2D eigenvalue weighted by Crippen LogP contribution is -2.52.